The minimum Gasteiger partial charge on any atom is -0.512 e. The zero-order valence-corrected chi connectivity index (χ0v) is 22.6. The predicted molar refractivity (Wildman–Crippen MR) is 132 cm³/mol. The summed E-state index contributed by atoms with van der Waals surface area (Å²) < 4.78 is 2.30. The van der Waals surface area contributed by atoms with Gasteiger partial charge in [-0.05, 0) is 77.4 Å². The molecule has 3 aromatic heterocycles. The van der Waals surface area contributed by atoms with Crippen molar-refractivity contribution in [1.29, 1.82) is 0 Å². The molecule has 2 aliphatic rings. The van der Waals surface area contributed by atoms with Crippen molar-refractivity contribution in [3.05, 3.63) is 71.8 Å². The molecule has 1 saturated carbocycles. The largest absolute Gasteiger partial charge is 0.512 e. The van der Waals surface area contributed by atoms with E-state index < -0.39 is 0 Å². The molecule has 5 nitrogen and oxygen atoms in total. The number of hydrogen-bond donors (Lipinski definition) is 1. The van der Waals surface area contributed by atoms with Crippen LogP contribution >= 0.6 is 0 Å². The van der Waals surface area contributed by atoms with Crippen LogP contribution in [0.1, 0.15) is 64.5 Å². The molecule has 1 aromatic carbocycles. The van der Waals surface area contributed by atoms with Crippen LogP contribution in [0.3, 0.4) is 0 Å². The molecule has 1 fully saturated rings. The number of carbonyl (C=O) groups excluding carboxylic acids is 1. The molecule has 0 amide bonds. The Kier molecular flexibility index (Phi) is 6.12. The van der Waals surface area contributed by atoms with Crippen LogP contribution < -0.4 is 4.98 Å². The van der Waals surface area contributed by atoms with Crippen LogP contribution in [0.5, 0.6) is 0 Å². The molecule has 2 aliphatic carbocycles. The first-order valence-corrected chi connectivity index (χ1v) is 11.6. The Labute approximate surface area is 213 Å². The summed E-state index contributed by atoms with van der Waals surface area (Å²) in [6.45, 7) is 10.2. The summed E-state index contributed by atoms with van der Waals surface area (Å²) >= 11 is 0. The van der Waals surface area contributed by atoms with Gasteiger partial charge < -0.3 is 14.7 Å². The molecule has 4 aromatic rings. The molecule has 2 atom stereocenters. The molecular formula is C28H30IrN3O2-. The number of hydrogen-bond acceptors (Lipinski definition) is 3. The van der Waals surface area contributed by atoms with Gasteiger partial charge in [0.2, 0.25) is 0 Å². The minimum absolute atomic E-state index is 0. The van der Waals surface area contributed by atoms with E-state index in [0.29, 0.717) is 11.3 Å². The molecule has 2 unspecified atom stereocenters. The van der Waals surface area contributed by atoms with E-state index in [1.165, 1.54) is 60.2 Å². The van der Waals surface area contributed by atoms with E-state index in [1.54, 1.807) is 0 Å². The maximum absolute atomic E-state index is 10.0. The van der Waals surface area contributed by atoms with Crippen molar-refractivity contribution in [2.24, 2.45) is 5.41 Å². The van der Waals surface area contributed by atoms with E-state index in [2.05, 4.69) is 61.9 Å². The maximum atomic E-state index is 10.0. The smallest absolute Gasteiger partial charge is 0.155 e. The fourth-order valence-corrected chi connectivity index (χ4v) is 6.14. The van der Waals surface area contributed by atoms with Crippen LogP contribution in [-0.2, 0) is 30.3 Å². The van der Waals surface area contributed by atoms with Gasteiger partial charge in [0.25, 0.3) is 0 Å². The first-order valence-electron chi connectivity index (χ1n) is 11.6. The van der Waals surface area contributed by atoms with E-state index in [0.717, 1.165) is 11.5 Å². The Balaban J connectivity index is 0.000000303. The van der Waals surface area contributed by atoms with Crippen LogP contribution in [-0.4, -0.2) is 20.4 Å². The van der Waals surface area contributed by atoms with E-state index in [9.17, 15) is 4.79 Å². The van der Waals surface area contributed by atoms with Crippen LogP contribution in [0.25, 0.3) is 27.8 Å². The number of rotatable bonds is 2. The maximum Gasteiger partial charge on any atom is 0.155 e. The monoisotopic (exact) mass is 633 g/mol. The molecule has 6 rings (SSSR count). The molecule has 3 heterocycles. The van der Waals surface area contributed by atoms with Crippen molar-refractivity contribution >= 4 is 27.7 Å². The predicted octanol–water partition coefficient (Wildman–Crippen LogP) is 6.35. The number of fused-ring (bicyclic) bond motifs is 8. The van der Waals surface area contributed by atoms with Gasteiger partial charge in [-0.1, -0.05) is 57.3 Å². The molecule has 0 spiro atoms. The summed E-state index contributed by atoms with van der Waals surface area (Å²) in [4.78, 5) is 19.7. The second kappa shape index (κ2) is 8.51. The van der Waals surface area contributed by atoms with E-state index in [-0.39, 0.29) is 37.1 Å². The number of aliphatic hydroxyl groups excluding tert-OH is 1. The number of para-hydroxylation sites is 1. The number of benzene rings is 1. The van der Waals surface area contributed by atoms with Gasteiger partial charge in [0.1, 0.15) is 0 Å². The molecule has 2 bridgehead atoms. The first-order chi connectivity index (χ1) is 15.7. The molecule has 1 radical (unpaired) electrons. The summed E-state index contributed by atoms with van der Waals surface area (Å²) in [7, 11) is 0. The van der Waals surface area contributed by atoms with Crippen LogP contribution in [0.15, 0.2) is 60.6 Å². The van der Waals surface area contributed by atoms with Crippen molar-refractivity contribution in [2.75, 3.05) is 0 Å². The number of ketones is 1. The number of carbonyl (C=O) groups is 1. The second-order valence-electron chi connectivity index (χ2n) is 10.2. The molecule has 34 heavy (non-hydrogen) atoms. The van der Waals surface area contributed by atoms with E-state index >= 15 is 0 Å². The molecule has 6 heteroatoms. The molecule has 0 aliphatic heterocycles. The third kappa shape index (κ3) is 3.38. The molecular weight excluding hydrogens is 603 g/mol. The number of aliphatic hydroxyl groups is 1. The fraction of sp³-hybridized carbons (Fsp3) is 0.357. The normalized spacial score (nSPS) is 22.3. The molecule has 0 saturated heterocycles. The van der Waals surface area contributed by atoms with Crippen LogP contribution in [0.2, 0.25) is 0 Å². The Bertz CT molecular complexity index is 1370. The van der Waals surface area contributed by atoms with Crippen LogP contribution in [0, 0.1) is 5.41 Å². The zero-order chi connectivity index (χ0) is 23.5. The van der Waals surface area contributed by atoms with Gasteiger partial charge in [0.05, 0.1) is 11.4 Å². The van der Waals surface area contributed by atoms with E-state index in [1.807, 2.05) is 12.3 Å². The SMILES string of the molecule is CC(=O)/C=C(/C)O.CC12CCC(c3c1c[n-]c3-n1c3ccccc3c3cccnc31)C2(C)C.[Ir]. The van der Waals surface area contributed by atoms with Gasteiger partial charge in [-0.15, -0.1) is 0 Å². The van der Waals surface area contributed by atoms with Gasteiger partial charge in [0, 0.05) is 37.8 Å². The van der Waals surface area contributed by atoms with Gasteiger partial charge in [-0.25, -0.2) is 0 Å². The quantitative estimate of drug-likeness (QED) is 0.207. The Morgan fingerprint density at radius 3 is 2.53 bits per heavy atom. The zero-order valence-electron chi connectivity index (χ0n) is 20.2. The standard InChI is InChI=1S/C23H22N3.C5H8O2.Ir/c1-22(2)16-10-11-23(22,3)17-13-25-21(19(16)17)26-18-9-5-4-7-14(18)15-8-6-12-24-20(15)26;1-4(6)3-5(2)7;/h4-9,12-13,16H,10-11H2,1-3H3;3,6H,1-2H3;/q-1;;/b;4-3-;. The topological polar surface area (TPSA) is 69.2 Å². The second-order valence-corrected chi connectivity index (χ2v) is 10.2. The van der Waals surface area contributed by atoms with Gasteiger partial charge >= 0.3 is 0 Å². The summed E-state index contributed by atoms with van der Waals surface area (Å²) in [5, 5.41) is 10.8. The van der Waals surface area contributed by atoms with Crippen molar-refractivity contribution in [1.82, 2.24) is 14.5 Å². The van der Waals surface area contributed by atoms with Gasteiger partial charge in [-0.3, -0.25) is 9.78 Å². The summed E-state index contributed by atoms with van der Waals surface area (Å²) in [6, 6.07) is 12.8. The number of allylic oxidation sites excluding steroid dienone is 2. The Hall–Kier alpha value is -2.69. The average Bonchev–Trinajstić information content (AvgIpc) is 3.43. The summed E-state index contributed by atoms with van der Waals surface area (Å²) in [5.74, 6) is 1.62. The summed E-state index contributed by atoms with van der Waals surface area (Å²) in [6.07, 6.45) is 7.74. The number of pyridine rings is 1. The summed E-state index contributed by atoms with van der Waals surface area (Å²) in [5.41, 5.74) is 5.69. The van der Waals surface area contributed by atoms with E-state index in [4.69, 9.17) is 15.1 Å². The van der Waals surface area contributed by atoms with Gasteiger partial charge in [0.15, 0.2) is 5.78 Å². The third-order valence-corrected chi connectivity index (χ3v) is 8.07. The number of aromatic nitrogens is 3. The molecule has 179 valence electrons. The van der Waals surface area contributed by atoms with Crippen molar-refractivity contribution < 1.29 is 30.0 Å². The van der Waals surface area contributed by atoms with Crippen LogP contribution in [0.4, 0.5) is 0 Å². The van der Waals surface area contributed by atoms with Crippen molar-refractivity contribution in [3.8, 4) is 5.82 Å². The average molecular weight is 633 g/mol. The first kappa shape index (κ1) is 24.4. The van der Waals surface area contributed by atoms with Gasteiger partial charge in [-0.2, -0.15) is 0 Å². The number of nitrogens with zero attached hydrogens (tertiary/aromatic N) is 3. The Morgan fingerprint density at radius 1 is 1.15 bits per heavy atom. The Morgan fingerprint density at radius 2 is 1.85 bits per heavy atom. The molecule has 1 N–H and O–H groups in total. The van der Waals surface area contributed by atoms with Crippen molar-refractivity contribution in [3.63, 3.8) is 0 Å². The third-order valence-electron chi connectivity index (χ3n) is 8.07. The van der Waals surface area contributed by atoms with Crippen molar-refractivity contribution in [2.45, 2.75) is 58.8 Å². The fourth-order valence-electron chi connectivity index (χ4n) is 6.14. The minimum atomic E-state index is -0.125.